The first-order valence-corrected chi connectivity index (χ1v) is 9.24. The number of ketones is 1. The molecule has 0 bridgehead atoms. The molecule has 1 aromatic heterocycles. The Morgan fingerprint density at radius 2 is 1.93 bits per heavy atom. The van der Waals surface area contributed by atoms with E-state index in [2.05, 4.69) is 10.4 Å². The molecule has 1 aliphatic rings. The van der Waals surface area contributed by atoms with Gasteiger partial charge in [0.05, 0.1) is 27.7 Å². The average Bonchev–Trinajstić information content (AvgIpc) is 2.96. The van der Waals surface area contributed by atoms with Gasteiger partial charge in [-0.15, -0.1) is 5.10 Å². The van der Waals surface area contributed by atoms with Crippen molar-refractivity contribution >= 4 is 28.9 Å². The van der Waals surface area contributed by atoms with Crippen molar-refractivity contribution in [1.82, 2.24) is 9.78 Å². The van der Waals surface area contributed by atoms with E-state index in [-0.39, 0.29) is 17.5 Å². The lowest BCUT2D eigenvalue weighted by Gasteiger charge is -2.19. The molecule has 27 heavy (non-hydrogen) atoms. The van der Waals surface area contributed by atoms with Crippen LogP contribution in [-0.2, 0) is 6.42 Å². The molecule has 6 heteroatoms. The molecule has 138 valence electrons. The van der Waals surface area contributed by atoms with Crippen molar-refractivity contribution in [1.29, 1.82) is 0 Å². The van der Waals surface area contributed by atoms with Gasteiger partial charge in [-0.25, -0.2) is 9.07 Å². The predicted molar refractivity (Wildman–Crippen MR) is 105 cm³/mol. The Morgan fingerprint density at radius 1 is 1.19 bits per heavy atom. The molecular weight excluding hydrogens is 365 g/mol. The quantitative estimate of drug-likeness (QED) is 0.651. The third-order valence-corrected chi connectivity index (χ3v) is 5.10. The van der Waals surface area contributed by atoms with Crippen molar-refractivity contribution in [3.63, 3.8) is 0 Å². The van der Waals surface area contributed by atoms with E-state index < -0.39 is 0 Å². The van der Waals surface area contributed by atoms with Crippen LogP contribution in [0.15, 0.2) is 42.5 Å². The summed E-state index contributed by atoms with van der Waals surface area (Å²) in [6.07, 6.45) is 1.22. The predicted octanol–water partition coefficient (Wildman–Crippen LogP) is 5.48. The van der Waals surface area contributed by atoms with Crippen LogP contribution in [0.5, 0.6) is 0 Å². The Morgan fingerprint density at radius 3 is 2.63 bits per heavy atom. The highest BCUT2D eigenvalue weighted by Crippen LogP contribution is 2.35. The zero-order valence-electron chi connectivity index (χ0n) is 15.1. The zero-order chi connectivity index (χ0) is 19.1. The van der Waals surface area contributed by atoms with E-state index in [0.717, 1.165) is 23.4 Å². The largest absolute Gasteiger partial charge is 0.337 e. The first kappa shape index (κ1) is 17.7. The number of hydrogen-bond acceptors (Lipinski definition) is 3. The normalized spacial score (nSPS) is 16.3. The fraction of sp³-hybridized carbons (Fsp3) is 0.238. The second kappa shape index (κ2) is 6.82. The molecule has 0 radical (unpaired) electrons. The summed E-state index contributed by atoms with van der Waals surface area (Å²) in [4.78, 5) is 12.8. The maximum absolute atomic E-state index is 13.3. The Balaban J connectivity index is 1.83. The number of carbonyl (C=O) groups excluding carboxylic acids is 1. The van der Waals surface area contributed by atoms with Gasteiger partial charge in [0.25, 0.3) is 0 Å². The van der Waals surface area contributed by atoms with Crippen LogP contribution in [0.3, 0.4) is 0 Å². The molecule has 2 aromatic carbocycles. The molecule has 0 saturated heterocycles. The third-order valence-electron chi connectivity index (χ3n) is 4.78. The summed E-state index contributed by atoms with van der Waals surface area (Å²) < 4.78 is 15.1. The number of anilines is 2. The SMILES string of the molecule is Cc1ccc(Nc2nn(-c3ccc(F)cc3)c3c2C(=O)C[C@H](C)C3)c(Cl)c1. The van der Waals surface area contributed by atoms with E-state index in [0.29, 0.717) is 28.5 Å². The molecule has 4 nitrogen and oxygen atoms in total. The van der Waals surface area contributed by atoms with Gasteiger partial charge in [-0.1, -0.05) is 24.6 Å². The highest BCUT2D eigenvalue weighted by molar-refractivity contribution is 6.33. The van der Waals surface area contributed by atoms with Crippen LogP contribution in [0.4, 0.5) is 15.9 Å². The van der Waals surface area contributed by atoms with E-state index in [1.165, 1.54) is 12.1 Å². The van der Waals surface area contributed by atoms with Crippen LogP contribution in [0, 0.1) is 18.7 Å². The number of halogens is 2. The topological polar surface area (TPSA) is 46.9 Å². The first-order chi connectivity index (χ1) is 12.9. The summed E-state index contributed by atoms with van der Waals surface area (Å²) in [5.41, 5.74) is 3.90. The van der Waals surface area contributed by atoms with Crippen LogP contribution in [0.25, 0.3) is 5.69 Å². The molecule has 0 amide bonds. The lowest BCUT2D eigenvalue weighted by Crippen LogP contribution is -2.19. The summed E-state index contributed by atoms with van der Waals surface area (Å²) in [5.74, 6) is 0.463. The maximum Gasteiger partial charge on any atom is 0.168 e. The minimum absolute atomic E-state index is 0.0582. The summed E-state index contributed by atoms with van der Waals surface area (Å²) in [6, 6.07) is 11.8. The van der Waals surface area contributed by atoms with E-state index in [1.807, 2.05) is 32.0 Å². The molecule has 4 rings (SSSR count). The Hall–Kier alpha value is -2.66. The van der Waals surface area contributed by atoms with Crippen LogP contribution < -0.4 is 5.32 Å². The lowest BCUT2D eigenvalue weighted by atomic mass is 9.87. The smallest absolute Gasteiger partial charge is 0.168 e. The minimum atomic E-state index is -0.311. The molecule has 0 aliphatic heterocycles. The van der Waals surface area contributed by atoms with Gasteiger partial charge in [-0.05, 0) is 61.2 Å². The van der Waals surface area contributed by atoms with Gasteiger partial charge in [0.1, 0.15) is 5.82 Å². The number of carbonyl (C=O) groups is 1. The standard InChI is InChI=1S/C21H19ClFN3O/c1-12-3-8-17(16(22)9-12)24-21-20-18(10-13(2)11-19(20)27)26(25-21)15-6-4-14(23)5-7-15/h3-9,13H,10-11H2,1-2H3,(H,24,25)/t13-/m1/s1. The highest BCUT2D eigenvalue weighted by Gasteiger charge is 2.31. The monoisotopic (exact) mass is 383 g/mol. The third kappa shape index (κ3) is 3.35. The number of hydrogen-bond donors (Lipinski definition) is 1. The van der Waals surface area contributed by atoms with E-state index in [1.54, 1.807) is 16.8 Å². The van der Waals surface area contributed by atoms with Gasteiger partial charge in [-0.3, -0.25) is 4.79 Å². The Labute approximate surface area is 162 Å². The van der Waals surface area contributed by atoms with Crippen molar-refractivity contribution in [2.75, 3.05) is 5.32 Å². The number of Topliss-reactive ketones (excluding diaryl/α,β-unsaturated/α-hetero) is 1. The van der Waals surface area contributed by atoms with Gasteiger partial charge < -0.3 is 5.32 Å². The number of aromatic nitrogens is 2. The fourth-order valence-corrected chi connectivity index (χ4v) is 3.77. The van der Waals surface area contributed by atoms with Crippen LogP contribution in [0.2, 0.25) is 5.02 Å². The van der Waals surface area contributed by atoms with E-state index >= 15 is 0 Å². The molecule has 1 aliphatic carbocycles. The van der Waals surface area contributed by atoms with Crippen molar-refractivity contribution in [2.24, 2.45) is 5.92 Å². The lowest BCUT2D eigenvalue weighted by molar-refractivity contribution is 0.0953. The van der Waals surface area contributed by atoms with Crippen molar-refractivity contribution in [3.8, 4) is 5.69 Å². The van der Waals surface area contributed by atoms with Crippen LogP contribution >= 0.6 is 11.6 Å². The second-order valence-electron chi connectivity index (χ2n) is 7.10. The Bertz CT molecular complexity index is 1030. The molecule has 1 N–H and O–H groups in total. The molecule has 1 atom stereocenters. The number of aryl methyl sites for hydroxylation is 1. The van der Waals surface area contributed by atoms with Crippen molar-refractivity contribution in [2.45, 2.75) is 26.7 Å². The van der Waals surface area contributed by atoms with E-state index in [4.69, 9.17) is 11.6 Å². The molecule has 0 fully saturated rings. The van der Waals surface area contributed by atoms with E-state index in [9.17, 15) is 9.18 Å². The first-order valence-electron chi connectivity index (χ1n) is 8.86. The number of nitrogens with one attached hydrogen (secondary N) is 1. The summed E-state index contributed by atoms with van der Waals surface area (Å²) in [5, 5.41) is 8.42. The van der Waals surface area contributed by atoms with Gasteiger partial charge in [0.2, 0.25) is 0 Å². The highest BCUT2D eigenvalue weighted by atomic mass is 35.5. The van der Waals surface area contributed by atoms with Crippen molar-refractivity contribution < 1.29 is 9.18 Å². The van der Waals surface area contributed by atoms with Crippen LogP contribution in [0.1, 0.15) is 35.0 Å². The van der Waals surface area contributed by atoms with Gasteiger partial charge in [0.15, 0.2) is 11.6 Å². The van der Waals surface area contributed by atoms with Crippen molar-refractivity contribution in [3.05, 3.63) is 70.1 Å². The fourth-order valence-electron chi connectivity index (χ4n) is 3.49. The molecule has 0 spiro atoms. The summed E-state index contributed by atoms with van der Waals surface area (Å²) >= 11 is 6.34. The van der Waals surface area contributed by atoms with Gasteiger partial charge in [-0.2, -0.15) is 0 Å². The minimum Gasteiger partial charge on any atom is -0.337 e. The maximum atomic E-state index is 13.3. The van der Waals surface area contributed by atoms with Gasteiger partial charge in [0, 0.05) is 6.42 Å². The average molecular weight is 384 g/mol. The number of nitrogens with zero attached hydrogens (tertiary/aromatic N) is 2. The second-order valence-corrected chi connectivity index (χ2v) is 7.51. The number of benzene rings is 2. The molecule has 1 heterocycles. The molecule has 0 saturated carbocycles. The molecular formula is C21H19ClFN3O. The summed E-state index contributed by atoms with van der Waals surface area (Å²) in [7, 11) is 0. The van der Waals surface area contributed by atoms with Crippen LogP contribution in [-0.4, -0.2) is 15.6 Å². The zero-order valence-corrected chi connectivity index (χ0v) is 15.8. The number of rotatable bonds is 3. The molecule has 3 aromatic rings. The van der Waals surface area contributed by atoms with Gasteiger partial charge >= 0.3 is 0 Å². The molecule has 0 unspecified atom stereocenters. The Kier molecular flexibility index (Phi) is 4.48. The number of fused-ring (bicyclic) bond motifs is 1. The summed E-state index contributed by atoms with van der Waals surface area (Å²) in [6.45, 7) is 4.01.